The molecule has 0 amide bonds. The summed E-state index contributed by atoms with van der Waals surface area (Å²) in [5, 5.41) is 4.74. The first kappa shape index (κ1) is 21.5. The maximum Gasteiger partial charge on any atom is 0.161 e. The molecule has 152 valence electrons. The molecule has 0 saturated carbocycles. The highest BCUT2D eigenvalue weighted by atomic mass is 35.5. The number of ether oxygens (including phenoxy) is 2. The summed E-state index contributed by atoms with van der Waals surface area (Å²) in [6, 6.07) is 22.1. The smallest absolute Gasteiger partial charge is 0.161 e. The maximum absolute atomic E-state index is 6.24. The fourth-order valence-corrected chi connectivity index (χ4v) is 3.44. The van der Waals surface area contributed by atoms with E-state index < -0.39 is 0 Å². The van der Waals surface area contributed by atoms with Crippen LogP contribution in [0.15, 0.2) is 66.7 Å². The summed E-state index contributed by atoms with van der Waals surface area (Å²) in [5.41, 5.74) is 3.27. The third kappa shape index (κ3) is 6.14. The molecule has 0 radical (unpaired) electrons. The maximum atomic E-state index is 6.24. The summed E-state index contributed by atoms with van der Waals surface area (Å²) in [6.07, 6.45) is 0. The molecular weight excluding hydrogens is 405 g/mol. The van der Waals surface area contributed by atoms with Crippen LogP contribution in [0.3, 0.4) is 0 Å². The largest absolute Gasteiger partial charge is 0.490 e. The molecule has 1 atom stereocenters. The molecule has 0 unspecified atom stereocenters. The zero-order valence-corrected chi connectivity index (χ0v) is 18.1. The van der Waals surface area contributed by atoms with Crippen LogP contribution in [0.5, 0.6) is 11.5 Å². The van der Waals surface area contributed by atoms with Crippen molar-refractivity contribution in [2.75, 3.05) is 6.61 Å². The van der Waals surface area contributed by atoms with Gasteiger partial charge in [-0.1, -0.05) is 65.7 Å². The van der Waals surface area contributed by atoms with Gasteiger partial charge in [0.25, 0.3) is 0 Å². The first-order chi connectivity index (χ1) is 14.1. The average molecular weight is 430 g/mol. The first-order valence-corrected chi connectivity index (χ1v) is 10.4. The van der Waals surface area contributed by atoms with Crippen LogP contribution in [-0.2, 0) is 13.2 Å². The van der Waals surface area contributed by atoms with E-state index in [1.165, 1.54) is 5.56 Å². The highest BCUT2D eigenvalue weighted by Gasteiger charge is 2.10. The third-order valence-electron chi connectivity index (χ3n) is 4.62. The summed E-state index contributed by atoms with van der Waals surface area (Å²) in [7, 11) is 0. The number of hydrogen-bond acceptors (Lipinski definition) is 3. The Bertz CT molecular complexity index is 931. The normalized spacial score (nSPS) is 11.9. The first-order valence-electron chi connectivity index (χ1n) is 9.67. The molecule has 0 aromatic heterocycles. The average Bonchev–Trinajstić information content (AvgIpc) is 2.73. The fourth-order valence-electron chi connectivity index (χ4n) is 2.97. The Hall–Kier alpha value is -2.20. The van der Waals surface area contributed by atoms with Crippen LogP contribution in [0.2, 0.25) is 10.0 Å². The Morgan fingerprint density at radius 1 is 0.897 bits per heavy atom. The highest BCUT2D eigenvalue weighted by Crippen LogP contribution is 2.31. The van der Waals surface area contributed by atoms with Crippen molar-refractivity contribution in [3.8, 4) is 11.5 Å². The molecule has 0 saturated heterocycles. The number of benzene rings is 3. The Kier molecular flexibility index (Phi) is 7.82. The van der Waals surface area contributed by atoms with Crippen molar-refractivity contribution >= 4 is 23.2 Å². The second-order valence-corrected chi connectivity index (χ2v) is 7.60. The second kappa shape index (κ2) is 10.5. The zero-order chi connectivity index (χ0) is 20.6. The van der Waals surface area contributed by atoms with Crippen molar-refractivity contribution in [1.29, 1.82) is 0 Å². The molecule has 5 heteroatoms. The SMILES string of the molecule is CCOc1cc(CN[C@H](C)c2ccccc2)ccc1OCc1ccc(Cl)cc1Cl. The van der Waals surface area contributed by atoms with Crippen LogP contribution in [0.25, 0.3) is 0 Å². The van der Waals surface area contributed by atoms with E-state index in [0.717, 1.165) is 23.4 Å². The lowest BCUT2D eigenvalue weighted by atomic mass is 10.1. The van der Waals surface area contributed by atoms with Gasteiger partial charge < -0.3 is 14.8 Å². The predicted molar refractivity (Wildman–Crippen MR) is 120 cm³/mol. The summed E-state index contributed by atoms with van der Waals surface area (Å²) < 4.78 is 11.8. The summed E-state index contributed by atoms with van der Waals surface area (Å²) >= 11 is 12.2. The molecule has 0 heterocycles. The van der Waals surface area contributed by atoms with E-state index in [0.29, 0.717) is 29.0 Å². The minimum atomic E-state index is 0.259. The predicted octanol–water partition coefficient (Wildman–Crippen LogP) is 6.82. The minimum Gasteiger partial charge on any atom is -0.490 e. The Morgan fingerprint density at radius 3 is 2.41 bits per heavy atom. The standard InChI is InChI=1S/C24H25Cl2NO2/c1-3-28-24-13-18(15-27-17(2)19-7-5-4-6-8-19)9-12-23(24)29-16-20-10-11-21(25)14-22(20)26/h4-14,17,27H,3,15-16H2,1-2H3/t17-/m1/s1. The Morgan fingerprint density at radius 2 is 1.69 bits per heavy atom. The van der Waals surface area contributed by atoms with Crippen molar-refractivity contribution in [2.24, 2.45) is 0 Å². The van der Waals surface area contributed by atoms with E-state index in [9.17, 15) is 0 Å². The number of rotatable bonds is 9. The highest BCUT2D eigenvalue weighted by molar-refractivity contribution is 6.35. The minimum absolute atomic E-state index is 0.259. The van der Waals surface area contributed by atoms with Crippen molar-refractivity contribution < 1.29 is 9.47 Å². The van der Waals surface area contributed by atoms with Crippen LogP contribution in [0.4, 0.5) is 0 Å². The molecule has 0 aliphatic heterocycles. The Balaban J connectivity index is 1.66. The van der Waals surface area contributed by atoms with Gasteiger partial charge in [0.1, 0.15) is 6.61 Å². The van der Waals surface area contributed by atoms with Crippen LogP contribution < -0.4 is 14.8 Å². The van der Waals surface area contributed by atoms with Crippen LogP contribution in [0, 0.1) is 0 Å². The van der Waals surface area contributed by atoms with Gasteiger partial charge in [0.2, 0.25) is 0 Å². The van der Waals surface area contributed by atoms with Crippen LogP contribution in [0.1, 0.15) is 36.6 Å². The van der Waals surface area contributed by atoms with Gasteiger partial charge in [-0.3, -0.25) is 0 Å². The number of nitrogens with one attached hydrogen (secondary N) is 1. The number of halogens is 2. The van der Waals surface area contributed by atoms with E-state index >= 15 is 0 Å². The van der Waals surface area contributed by atoms with Crippen LogP contribution >= 0.6 is 23.2 Å². The van der Waals surface area contributed by atoms with Gasteiger partial charge in [-0.15, -0.1) is 0 Å². The van der Waals surface area contributed by atoms with Gasteiger partial charge >= 0.3 is 0 Å². The lowest BCUT2D eigenvalue weighted by Gasteiger charge is -2.17. The van der Waals surface area contributed by atoms with E-state index in [2.05, 4.69) is 36.5 Å². The molecule has 0 aliphatic rings. The molecule has 0 spiro atoms. The third-order valence-corrected chi connectivity index (χ3v) is 5.21. The van der Waals surface area contributed by atoms with Gasteiger partial charge in [0.05, 0.1) is 6.61 Å². The van der Waals surface area contributed by atoms with Crippen molar-refractivity contribution in [3.05, 3.63) is 93.5 Å². The van der Waals surface area contributed by atoms with E-state index in [4.69, 9.17) is 32.7 Å². The van der Waals surface area contributed by atoms with Gasteiger partial charge in [-0.25, -0.2) is 0 Å². The molecule has 29 heavy (non-hydrogen) atoms. The lowest BCUT2D eigenvalue weighted by molar-refractivity contribution is 0.269. The Labute approximate surface area is 182 Å². The molecular formula is C24H25Cl2NO2. The fraction of sp³-hybridized carbons (Fsp3) is 0.250. The van der Waals surface area contributed by atoms with Gasteiger partial charge in [0.15, 0.2) is 11.5 Å². The molecule has 0 aliphatic carbocycles. The molecule has 0 bridgehead atoms. The summed E-state index contributed by atoms with van der Waals surface area (Å²) in [5.74, 6) is 1.42. The van der Waals surface area contributed by atoms with Gasteiger partial charge in [-0.05, 0) is 49.2 Å². The van der Waals surface area contributed by atoms with E-state index in [1.54, 1.807) is 12.1 Å². The van der Waals surface area contributed by atoms with Gasteiger partial charge in [-0.2, -0.15) is 0 Å². The molecule has 0 fully saturated rings. The molecule has 1 N–H and O–H groups in total. The van der Waals surface area contributed by atoms with Crippen molar-refractivity contribution in [3.63, 3.8) is 0 Å². The topological polar surface area (TPSA) is 30.5 Å². The quantitative estimate of drug-likeness (QED) is 0.404. The number of hydrogen-bond donors (Lipinski definition) is 1. The molecule has 3 nitrogen and oxygen atoms in total. The summed E-state index contributed by atoms with van der Waals surface area (Å²) in [4.78, 5) is 0. The molecule has 3 aromatic carbocycles. The van der Waals surface area contributed by atoms with Crippen molar-refractivity contribution in [2.45, 2.75) is 33.0 Å². The van der Waals surface area contributed by atoms with Gasteiger partial charge in [0, 0.05) is 28.2 Å². The summed E-state index contributed by atoms with van der Waals surface area (Å²) in [6.45, 7) is 5.77. The zero-order valence-electron chi connectivity index (χ0n) is 16.6. The van der Waals surface area contributed by atoms with E-state index in [1.807, 2.05) is 37.3 Å². The monoisotopic (exact) mass is 429 g/mol. The lowest BCUT2D eigenvalue weighted by Crippen LogP contribution is -2.18. The molecule has 3 rings (SSSR count). The van der Waals surface area contributed by atoms with Crippen LogP contribution in [-0.4, -0.2) is 6.61 Å². The molecule has 3 aromatic rings. The van der Waals surface area contributed by atoms with E-state index in [-0.39, 0.29) is 6.04 Å². The second-order valence-electron chi connectivity index (χ2n) is 6.75. The van der Waals surface area contributed by atoms with Crippen molar-refractivity contribution in [1.82, 2.24) is 5.32 Å².